The van der Waals surface area contributed by atoms with Crippen molar-refractivity contribution in [3.05, 3.63) is 77.8 Å². The molecule has 0 aromatic heterocycles. The summed E-state index contributed by atoms with van der Waals surface area (Å²) in [5.41, 5.74) is 7.93. The Balaban J connectivity index is 1.63. The number of halogens is 1. The highest BCUT2D eigenvalue weighted by Gasteiger charge is 2.04. The minimum Gasteiger partial charge on any atom is -0.492 e. The van der Waals surface area contributed by atoms with Crippen LogP contribution in [0.15, 0.2) is 72.8 Å². The van der Waals surface area contributed by atoms with Gasteiger partial charge >= 0.3 is 0 Å². The summed E-state index contributed by atoms with van der Waals surface area (Å²) in [7, 11) is 0. The van der Waals surface area contributed by atoms with Crippen molar-refractivity contribution < 1.29 is 9.47 Å². The fourth-order valence-corrected chi connectivity index (χ4v) is 2.42. The molecule has 0 spiro atoms. The first kappa shape index (κ1) is 17.0. The standard InChI is InChI=1S/C20H19ClN2O2/c1-2-24-20-13-8-15(21)14-19(20)23-22-16-9-11-18(12-10-16)25-17-6-4-3-5-7-17/h3-14,22-23H,2H2,1H3. The third-order valence-corrected chi connectivity index (χ3v) is 3.65. The lowest BCUT2D eigenvalue weighted by molar-refractivity contribution is 0.342. The van der Waals surface area contributed by atoms with E-state index in [0.29, 0.717) is 11.6 Å². The second-order valence-corrected chi connectivity index (χ2v) is 5.70. The molecule has 0 aliphatic carbocycles. The van der Waals surface area contributed by atoms with Crippen molar-refractivity contribution in [2.75, 3.05) is 17.5 Å². The van der Waals surface area contributed by atoms with Gasteiger partial charge in [0.2, 0.25) is 0 Å². The summed E-state index contributed by atoms with van der Waals surface area (Å²) < 4.78 is 11.4. The second-order valence-electron chi connectivity index (χ2n) is 5.26. The van der Waals surface area contributed by atoms with Crippen molar-refractivity contribution in [1.82, 2.24) is 0 Å². The van der Waals surface area contributed by atoms with E-state index in [2.05, 4.69) is 10.9 Å². The summed E-state index contributed by atoms with van der Waals surface area (Å²) in [5.74, 6) is 2.32. The molecule has 0 unspecified atom stereocenters. The Bertz CT molecular complexity index is 808. The number of ether oxygens (including phenoxy) is 2. The van der Waals surface area contributed by atoms with Gasteiger partial charge in [-0.1, -0.05) is 29.8 Å². The van der Waals surface area contributed by atoms with Crippen molar-refractivity contribution >= 4 is 23.0 Å². The smallest absolute Gasteiger partial charge is 0.144 e. The fraction of sp³-hybridized carbons (Fsp3) is 0.100. The van der Waals surface area contributed by atoms with Crippen molar-refractivity contribution in [1.29, 1.82) is 0 Å². The Morgan fingerprint density at radius 1 is 0.840 bits per heavy atom. The number of hydrogen-bond acceptors (Lipinski definition) is 4. The van der Waals surface area contributed by atoms with Gasteiger partial charge in [0.1, 0.15) is 17.2 Å². The van der Waals surface area contributed by atoms with Crippen LogP contribution in [0, 0.1) is 0 Å². The van der Waals surface area contributed by atoms with Crippen LogP contribution < -0.4 is 20.3 Å². The Hall–Kier alpha value is -2.85. The minimum atomic E-state index is 0.585. The van der Waals surface area contributed by atoms with Gasteiger partial charge in [-0.2, -0.15) is 0 Å². The van der Waals surface area contributed by atoms with Gasteiger partial charge in [-0.3, -0.25) is 5.43 Å². The number of hydrogen-bond donors (Lipinski definition) is 2. The molecule has 0 aliphatic heterocycles. The van der Waals surface area contributed by atoms with Crippen molar-refractivity contribution in [3.63, 3.8) is 0 Å². The highest BCUT2D eigenvalue weighted by atomic mass is 35.5. The van der Waals surface area contributed by atoms with Crippen LogP contribution in [0.3, 0.4) is 0 Å². The van der Waals surface area contributed by atoms with E-state index in [0.717, 1.165) is 28.6 Å². The van der Waals surface area contributed by atoms with Gasteiger partial charge in [0.05, 0.1) is 18.0 Å². The van der Waals surface area contributed by atoms with Gasteiger partial charge in [-0.15, -0.1) is 0 Å². The maximum Gasteiger partial charge on any atom is 0.144 e. The van der Waals surface area contributed by atoms with Gasteiger partial charge in [0.15, 0.2) is 0 Å². The largest absolute Gasteiger partial charge is 0.492 e. The predicted octanol–water partition coefficient (Wildman–Crippen LogP) is 5.97. The van der Waals surface area contributed by atoms with Gasteiger partial charge in [0.25, 0.3) is 0 Å². The number of para-hydroxylation sites is 1. The SMILES string of the molecule is CCOc1ccc(Cl)cc1NNc1ccc(Oc2ccccc2)cc1. The Labute approximate surface area is 152 Å². The zero-order valence-corrected chi connectivity index (χ0v) is 14.6. The molecule has 0 heterocycles. The van der Waals surface area contributed by atoms with E-state index in [1.165, 1.54) is 0 Å². The first-order valence-electron chi connectivity index (χ1n) is 8.02. The van der Waals surface area contributed by atoms with Gasteiger partial charge in [-0.05, 0) is 61.5 Å². The number of hydrazine groups is 1. The molecule has 0 saturated carbocycles. The molecule has 0 radical (unpaired) electrons. The number of nitrogens with one attached hydrogen (secondary N) is 2. The molecule has 0 saturated heterocycles. The van der Waals surface area contributed by atoms with E-state index in [1.807, 2.05) is 73.7 Å². The van der Waals surface area contributed by atoms with Crippen LogP contribution in [-0.2, 0) is 0 Å². The van der Waals surface area contributed by atoms with E-state index in [9.17, 15) is 0 Å². The van der Waals surface area contributed by atoms with Crippen LogP contribution in [0.25, 0.3) is 0 Å². The molecule has 128 valence electrons. The van der Waals surface area contributed by atoms with Crippen LogP contribution in [0.2, 0.25) is 5.02 Å². The summed E-state index contributed by atoms with van der Waals surface area (Å²) in [4.78, 5) is 0. The van der Waals surface area contributed by atoms with Crippen molar-refractivity contribution in [2.24, 2.45) is 0 Å². The Morgan fingerprint density at radius 3 is 2.28 bits per heavy atom. The van der Waals surface area contributed by atoms with Crippen LogP contribution in [0.4, 0.5) is 11.4 Å². The molecule has 0 aliphatic rings. The topological polar surface area (TPSA) is 42.5 Å². The third kappa shape index (κ3) is 4.81. The van der Waals surface area contributed by atoms with Crippen LogP contribution in [0.5, 0.6) is 17.2 Å². The Morgan fingerprint density at radius 2 is 1.56 bits per heavy atom. The Kier molecular flexibility index (Phi) is 5.65. The number of benzene rings is 3. The molecule has 0 atom stereocenters. The van der Waals surface area contributed by atoms with Crippen molar-refractivity contribution in [2.45, 2.75) is 6.92 Å². The molecular formula is C20H19ClN2O2. The fourth-order valence-electron chi connectivity index (χ4n) is 2.25. The van der Waals surface area contributed by atoms with Crippen LogP contribution >= 0.6 is 11.6 Å². The maximum atomic E-state index is 6.06. The lowest BCUT2D eigenvalue weighted by Gasteiger charge is -2.14. The van der Waals surface area contributed by atoms with E-state index in [-0.39, 0.29) is 0 Å². The molecule has 3 aromatic rings. The molecule has 0 amide bonds. The number of anilines is 2. The number of rotatable bonds is 7. The summed E-state index contributed by atoms with van der Waals surface area (Å²) in [6.45, 7) is 2.53. The molecule has 5 heteroatoms. The predicted molar refractivity (Wildman–Crippen MR) is 103 cm³/mol. The average Bonchev–Trinajstić information content (AvgIpc) is 2.64. The normalized spacial score (nSPS) is 10.2. The molecule has 0 fully saturated rings. The molecule has 0 bridgehead atoms. The molecular weight excluding hydrogens is 336 g/mol. The lowest BCUT2D eigenvalue weighted by Crippen LogP contribution is -2.10. The van der Waals surface area contributed by atoms with Crippen LogP contribution in [-0.4, -0.2) is 6.61 Å². The van der Waals surface area contributed by atoms with Gasteiger partial charge < -0.3 is 14.9 Å². The quantitative estimate of drug-likeness (QED) is 0.513. The first-order valence-corrected chi connectivity index (χ1v) is 8.40. The molecule has 3 rings (SSSR count). The summed E-state index contributed by atoms with van der Waals surface area (Å²) >= 11 is 6.06. The van der Waals surface area contributed by atoms with Crippen LogP contribution in [0.1, 0.15) is 6.92 Å². The minimum absolute atomic E-state index is 0.585. The van der Waals surface area contributed by atoms with E-state index in [1.54, 1.807) is 6.07 Å². The second kappa shape index (κ2) is 8.31. The lowest BCUT2D eigenvalue weighted by atomic mass is 10.3. The van der Waals surface area contributed by atoms with Gasteiger partial charge in [0, 0.05) is 5.02 Å². The maximum absolute atomic E-state index is 6.06. The molecule has 3 aromatic carbocycles. The zero-order chi connectivity index (χ0) is 17.5. The average molecular weight is 355 g/mol. The highest BCUT2D eigenvalue weighted by molar-refractivity contribution is 6.30. The van der Waals surface area contributed by atoms with E-state index >= 15 is 0 Å². The summed E-state index contributed by atoms with van der Waals surface area (Å²) in [6, 6.07) is 22.8. The van der Waals surface area contributed by atoms with Crippen molar-refractivity contribution in [3.8, 4) is 17.2 Å². The monoisotopic (exact) mass is 354 g/mol. The van der Waals surface area contributed by atoms with E-state index < -0.39 is 0 Å². The molecule has 4 nitrogen and oxygen atoms in total. The highest BCUT2D eigenvalue weighted by Crippen LogP contribution is 2.28. The molecule has 25 heavy (non-hydrogen) atoms. The first-order chi connectivity index (χ1) is 12.2. The zero-order valence-electron chi connectivity index (χ0n) is 13.8. The summed E-state index contributed by atoms with van der Waals surface area (Å²) in [6.07, 6.45) is 0. The molecule has 2 N–H and O–H groups in total. The van der Waals surface area contributed by atoms with E-state index in [4.69, 9.17) is 21.1 Å². The summed E-state index contributed by atoms with van der Waals surface area (Å²) in [5, 5.41) is 0.638. The third-order valence-electron chi connectivity index (χ3n) is 3.42. The van der Waals surface area contributed by atoms with Gasteiger partial charge in [-0.25, -0.2) is 0 Å².